The molecule has 0 atom stereocenters. The molecular formula is C13H16BrF2NO. The van der Waals surface area contributed by atoms with Crippen LogP contribution < -0.4 is 0 Å². The Labute approximate surface area is 114 Å². The van der Waals surface area contributed by atoms with E-state index in [-0.39, 0.29) is 4.47 Å². The Morgan fingerprint density at radius 1 is 1.17 bits per heavy atom. The molecule has 0 heterocycles. The van der Waals surface area contributed by atoms with Crippen LogP contribution in [0.3, 0.4) is 0 Å². The highest BCUT2D eigenvalue weighted by atomic mass is 79.9. The molecule has 1 amide bonds. The summed E-state index contributed by atoms with van der Waals surface area (Å²) in [7, 11) is 0. The number of carbonyl (C=O) groups excluding carboxylic acids is 1. The minimum atomic E-state index is -0.830. The fourth-order valence-electron chi connectivity index (χ4n) is 1.76. The average Bonchev–Trinajstić information content (AvgIpc) is 2.27. The van der Waals surface area contributed by atoms with Crippen LogP contribution in [0, 0.1) is 11.6 Å². The Kier molecular flexibility index (Phi) is 5.72. The highest BCUT2D eigenvalue weighted by Gasteiger charge is 2.22. The van der Waals surface area contributed by atoms with E-state index < -0.39 is 23.1 Å². The van der Waals surface area contributed by atoms with Crippen molar-refractivity contribution in [3.05, 3.63) is 33.8 Å². The van der Waals surface area contributed by atoms with Crippen LogP contribution in [0.2, 0.25) is 0 Å². The minimum Gasteiger partial charge on any atom is -0.338 e. The van der Waals surface area contributed by atoms with Gasteiger partial charge in [-0.2, -0.15) is 0 Å². The van der Waals surface area contributed by atoms with Gasteiger partial charge in [-0.15, -0.1) is 0 Å². The van der Waals surface area contributed by atoms with E-state index in [2.05, 4.69) is 15.9 Å². The number of nitrogens with zero attached hydrogens (tertiary/aromatic N) is 1. The first kappa shape index (κ1) is 15.1. The summed E-state index contributed by atoms with van der Waals surface area (Å²) in [5.41, 5.74) is -0.472. The highest BCUT2D eigenvalue weighted by Crippen LogP contribution is 2.21. The summed E-state index contributed by atoms with van der Waals surface area (Å²) in [5.74, 6) is -2.24. The van der Waals surface area contributed by atoms with Crippen molar-refractivity contribution in [2.24, 2.45) is 0 Å². The lowest BCUT2D eigenvalue weighted by molar-refractivity contribution is 0.0745. The molecule has 0 saturated heterocycles. The van der Waals surface area contributed by atoms with Crippen molar-refractivity contribution in [2.75, 3.05) is 13.1 Å². The van der Waals surface area contributed by atoms with E-state index >= 15 is 0 Å². The second kappa shape index (κ2) is 6.83. The van der Waals surface area contributed by atoms with Gasteiger partial charge in [0.05, 0.1) is 0 Å². The van der Waals surface area contributed by atoms with Crippen molar-refractivity contribution in [2.45, 2.75) is 26.7 Å². The van der Waals surface area contributed by atoms with Gasteiger partial charge in [-0.1, -0.05) is 29.8 Å². The van der Waals surface area contributed by atoms with Gasteiger partial charge in [0.1, 0.15) is 17.2 Å². The number of hydrogen-bond acceptors (Lipinski definition) is 1. The van der Waals surface area contributed by atoms with Gasteiger partial charge in [-0.05, 0) is 25.0 Å². The highest BCUT2D eigenvalue weighted by molar-refractivity contribution is 9.10. The van der Waals surface area contributed by atoms with Gasteiger partial charge in [0.25, 0.3) is 5.91 Å². The van der Waals surface area contributed by atoms with Crippen LogP contribution in [0.5, 0.6) is 0 Å². The predicted molar refractivity (Wildman–Crippen MR) is 70.5 cm³/mol. The zero-order chi connectivity index (χ0) is 13.7. The number of benzene rings is 1. The standard InChI is InChI=1S/C13H16BrF2NO/c1-3-5-17(6-4-2)13(18)12-10(15)7-9(14)8-11(12)16/h7-8H,3-6H2,1-2H3. The van der Waals surface area contributed by atoms with Gasteiger partial charge in [-0.25, -0.2) is 8.78 Å². The van der Waals surface area contributed by atoms with Gasteiger partial charge >= 0.3 is 0 Å². The van der Waals surface area contributed by atoms with Crippen LogP contribution in [-0.2, 0) is 0 Å². The first-order chi connectivity index (χ1) is 8.51. The average molecular weight is 320 g/mol. The third-order valence-electron chi connectivity index (χ3n) is 2.50. The van der Waals surface area contributed by atoms with Gasteiger partial charge in [-0.3, -0.25) is 4.79 Å². The summed E-state index contributed by atoms with van der Waals surface area (Å²) in [6.45, 7) is 4.84. The van der Waals surface area contributed by atoms with E-state index in [9.17, 15) is 13.6 Å². The van der Waals surface area contributed by atoms with E-state index in [4.69, 9.17) is 0 Å². The molecule has 1 rings (SSSR count). The second-order valence-electron chi connectivity index (χ2n) is 4.04. The normalized spacial score (nSPS) is 10.5. The van der Waals surface area contributed by atoms with Crippen molar-refractivity contribution < 1.29 is 13.6 Å². The minimum absolute atomic E-state index is 0.284. The molecule has 0 aliphatic rings. The van der Waals surface area contributed by atoms with E-state index in [0.717, 1.165) is 25.0 Å². The molecule has 0 bridgehead atoms. The van der Waals surface area contributed by atoms with Crippen LogP contribution in [0.25, 0.3) is 0 Å². The van der Waals surface area contributed by atoms with E-state index in [1.165, 1.54) is 4.90 Å². The molecule has 100 valence electrons. The third kappa shape index (κ3) is 3.51. The third-order valence-corrected chi connectivity index (χ3v) is 2.95. The molecule has 18 heavy (non-hydrogen) atoms. The van der Waals surface area contributed by atoms with Gasteiger partial charge < -0.3 is 4.90 Å². The topological polar surface area (TPSA) is 20.3 Å². The summed E-state index contributed by atoms with van der Waals surface area (Å²) < 4.78 is 27.7. The molecular weight excluding hydrogens is 304 g/mol. The number of rotatable bonds is 5. The first-order valence-corrected chi connectivity index (χ1v) is 6.74. The predicted octanol–water partition coefficient (Wildman–Crippen LogP) is 3.99. The Morgan fingerprint density at radius 3 is 2.00 bits per heavy atom. The summed E-state index contributed by atoms with van der Waals surface area (Å²) in [4.78, 5) is 13.6. The Morgan fingerprint density at radius 2 is 1.61 bits per heavy atom. The van der Waals surface area contributed by atoms with Crippen molar-refractivity contribution in [3.8, 4) is 0 Å². The van der Waals surface area contributed by atoms with Crippen molar-refractivity contribution in [1.29, 1.82) is 0 Å². The van der Waals surface area contributed by atoms with Crippen molar-refractivity contribution in [1.82, 2.24) is 4.90 Å². The van der Waals surface area contributed by atoms with Crippen molar-refractivity contribution in [3.63, 3.8) is 0 Å². The number of amides is 1. The lowest BCUT2D eigenvalue weighted by Crippen LogP contribution is -2.33. The molecule has 0 saturated carbocycles. The maximum Gasteiger partial charge on any atom is 0.259 e. The molecule has 0 aliphatic carbocycles. The maximum absolute atomic E-state index is 13.7. The molecule has 2 nitrogen and oxygen atoms in total. The molecule has 0 fully saturated rings. The SMILES string of the molecule is CCCN(CCC)C(=O)c1c(F)cc(Br)cc1F. The summed E-state index contributed by atoms with van der Waals surface area (Å²) in [6, 6.07) is 2.21. The van der Waals surface area contributed by atoms with Crippen LogP contribution in [0.15, 0.2) is 16.6 Å². The molecule has 0 N–H and O–H groups in total. The zero-order valence-corrected chi connectivity index (χ0v) is 12.1. The molecule has 5 heteroatoms. The zero-order valence-electron chi connectivity index (χ0n) is 10.5. The quantitative estimate of drug-likeness (QED) is 0.803. The molecule has 1 aromatic rings. The first-order valence-electron chi connectivity index (χ1n) is 5.95. The Hall–Kier alpha value is -0.970. The lowest BCUT2D eigenvalue weighted by Gasteiger charge is -2.22. The number of carbonyl (C=O) groups is 1. The molecule has 0 radical (unpaired) electrons. The number of halogens is 3. The van der Waals surface area contributed by atoms with Gasteiger partial charge in [0.15, 0.2) is 0 Å². The summed E-state index contributed by atoms with van der Waals surface area (Å²) in [5, 5.41) is 0. The summed E-state index contributed by atoms with van der Waals surface area (Å²) >= 11 is 2.99. The van der Waals surface area contributed by atoms with Gasteiger partial charge in [0.2, 0.25) is 0 Å². The van der Waals surface area contributed by atoms with E-state index in [0.29, 0.717) is 13.1 Å². The number of hydrogen-bond donors (Lipinski definition) is 0. The molecule has 0 aromatic heterocycles. The largest absolute Gasteiger partial charge is 0.338 e. The van der Waals surface area contributed by atoms with Crippen LogP contribution in [0.4, 0.5) is 8.78 Å². The fraction of sp³-hybridized carbons (Fsp3) is 0.462. The Balaban J connectivity index is 3.08. The van der Waals surface area contributed by atoms with Crippen LogP contribution in [-0.4, -0.2) is 23.9 Å². The second-order valence-corrected chi connectivity index (χ2v) is 4.95. The summed E-state index contributed by atoms with van der Waals surface area (Å²) in [6.07, 6.45) is 1.51. The maximum atomic E-state index is 13.7. The smallest absolute Gasteiger partial charge is 0.259 e. The molecule has 0 spiro atoms. The van der Waals surface area contributed by atoms with E-state index in [1.54, 1.807) is 0 Å². The van der Waals surface area contributed by atoms with Gasteiger partial charge in [0, 0.05) is 17.6 Å². The van der Waals surface area contributed by atoms with Crippen LogP contribution in [0.1, 0.15) is 37.0 Å². The fourth-order valence-corrected chi connectivity index (χ4v) is 2.16. The van der Waals surface area contributed by atoms with E-state index in [1.807, 2.05) is 13.8 Å². The lowest BCUT2D eigenvalue weighted by atomic mass is 10.1. The molecule has 0 aliphatic heterocycles. The molecule has 0 unspecified atom stereocenters. The monoisotopic (exact) mass is 319 g/mol. The van der Waals surface area contributed by atoms with Crippen LogP contribution >= 0.6 is 15.9 Å². The molecule has 1 aromatic carbocycles. The van der Waals surface area contributed by atoms with Crippen molar-refractivity contribution >= 4 is 21.8 Å². The Bertz CT molecular complexity index is 408.